The van der Waals surface area contributed by atoms with Crippen LogP contribution in [0.1, 0.15) is 19.3 Å². The van der Waals surface area contributed by atoms with E-state index in [2.05, 4.69) is 22.2 Å². The highest BCUT2D eigenvalue weighted by atomic mass is 32.1. The molecule has 0 unspecified atom stereocenters. The van der Waals surface area contributed by atoms with Crippen LogP contribution in [0.3, 0.4) is 0 Å². The van der Waals surface area contributed by atoms with Gasteiger partial charge in [-0.1, -0.05) is 24.6 Å². The van der Waals surface area contributed by atoms with E-state index in [1.165, 1.54) is 6.42 Å². The fraction of sp³-hybridized carbons (Fsp3) is 0.294. The van der Waals surface area contributed by atoms with Gasteiger partial charge in [0.05, 0.1) is 5.69 Å². The zero-order valence-electron chi connectivity index (χ0n) is 12.3. The fourth-order valence-corrected chi connectivity index (χ4v) is 3.02. The Bertz CT molecular complexity index is 659. The summed E-state index contributed by atoms with van der Waals surface area (Å²) in [6.07, 6.45) is 5.01. The highest BCUT2D eigenvalue weighted by Gasteiger charge is 2.25. The van der Waals surface area contributed by atoms with Gasteiger partial charge in [0.15, 0.2) is 5.13 Å². The molecule has 3 rings (SSSR count). The summed E-state index contributed by atoms with van der Waals surface area (Å²) in [5, 5.41) is 9.06. The van der Waals surface area contributed by atoms with Gasteiger partial charge < -0.3 is 10.6 Å². The Balaban J connectivity index is 1.64. The molecule has 1 saturated carbocycles. The minimum atomic E-state index is 0.142. The SMILES string of the molecule is C=CCNc1nc(-c2ccc(NC(=O)C3CCC3)cc2)cs1. The molecule has 0 atom stereocenters. The minimum Gasteiger partial charge on any atom is -0.358 e. The molecule has 2 aromatic rings. The van der Waals surface area contributed by atoms with Crippen molar-refractivity contribution in [1.29, 1.82) is 0 Å². The topological polar surface area (TPSA) is 54.0 Å². The summed E-state index contributed by atoms with van der Waals surface area (Å²) in [7, 11) is 0. The monoisotopic (exact) mass is 313 g/mol. The average molecular weight is 313 g/mol. The van der Waals surface area contributed by atoms with Crippen LogP contribution in [0.15, 0.2) is 42.3 Å². The third-order valence-electron chi connectivity index (χ3n) is 3.83. The standard InChI is InChI=1S/C17H19N3OS/c1-2-10-18-17-20-15(11-22-17)12-6-8-14(9-7-12)19-16(21)13-4-3-5-13/h2,6-9,11,13H,1,3-5,10H2,(H,18,20)(H,19,21). The molecule has 2 N–H and O–H groups in total. The quantitative estimate of drug-likeness (QED) is 0.788. The molecular weight excluding hydrogens is 294 g/mol. The van der Waals surface area contributed by atoms with Crippen molar-refractivity contribution in [2.45, 2.75) is 19.3 Å². The predicted molar refractivity (Wildman–Crippen MR) is 92.2 cm³/mol. The van der Waals surface area contributed by atoms with Crippen LogP contribution in [0.5, 0.6) is 0 Å². The van der Waals surface area contributed by atoms with E-state index < -0.39 is 0 Å². The average Bonchev–Trinajstić information content (AvgIpc) is 2.93. The molecule has 0 saturated heterocycles. The Morgan fingerprint density at radius 2 is 2.14 bits per heavy atom. The number of thiazole rings is 1. The number of rotatable bonds is 6. The summed E-state index contributed by atoms with van der Waals surface area (Å²) in [5.74, 6) is 0.347. The fourth-order valence-electron chi connectivity index (χ4n) is 2.29. The molecule has 1 amide bonds. The van der Waals surface area contributed by atoms with Crippen molar-refractivity contribution in [3.05, 3.63) is 42.3 Å². The van der Waals surface area contributed by atoms with Gasteiger partial charge in [-0.15, -0.1) is 17.9 Å². The van der Waals surface area contributed by atoms with E-state index in [1.54, 1.807) is 17.4 Å². The van der Waals surface area contributed by atoms with Gasteiger partial charge in [-0.05, 0) is 25.0 Å². The number of hydrogen-bond donors (Lipinski definition) is 2. The maximum Gasteiger partial charge on any atom is 0.227 e. The molecule has 114 valence electrons. The van der Waals surface area contributed by atoms with E-state index in [-0.39, 0.29) is 11.8 Å². The van der Waals surface area contributed by atoms with Crippen molar-refractivity contribution in [3.63, 3.8) is 0 Å². The number of nitrogens with zero attached hydrogens (tertiary/aromatic N) is 1. The van der Waals surface area contributed by atoms with Crippen molar-refractivity contribution in [2.75, 3.05) is 17.2 Å². The van der Waals surface area contributed by atoms with Crippen LogP contribution in [-0.4, -0.2) is 17.4 Å². The third kappa shape index (κ3) is 3.36. The Kier molecular flexibility index (Phi) is 4.53. The second-order valence-electron chi connectivity index (χ2n) is 5.40. The molecule has 0 spiro atoms. The highest BCUT2D eigenvalue weighted by Crippen LogP contribution is 2.29. The first-order valence-corrected chi connectivity index (χ1v) is 8.36. The number of hydrogen-bond acceptors (Lipinski definition) is 4. The number of anilines is 2. The van der Waals surface area contributed by atoms with Crippen LogP contribution < -0.4 is 10.6 Å². The Hall–Kier alpha value is -2.14. The Morgan fingerprint density at radius 1 is 1.36 bits per heavy atom. The van der Waals surface area contributed by atoms with Crippen LogP contribution >= 0.6 is 11.3 Å². The smallest absolute Gasteiger partial charge is 0.227 e. The van der Waals surface area contributed by atoms with Gasteiger partial charge in [0.2, 0.25) is 5.91 Å². The molecule has 4 nitrogen and oxygen atoms in total. The molecule has 5 heteroatoms. The predicted octanol–water partition coefficient (Wildman–Crippen LogP) is 4.15. The van der Waals surface area contributed by atoms with Crippen molar-refractivity contribution in [3.8, 4) is 11.3 Å². The molecule has 0 aliphatic heterocycles. The summed E-state index contributed by atoms with van der Waals surface area (Å²) in [6, 6.07) is 7.84. The summed E-state index contributed by atoms with van der Waals surface area (Å²) >= 11 is 1.57. The highest BCUT2D eigenvalue weighted by molar-refractivity contribution is 7.14. The van der Waals surface area contributed by atoms with E-state index in [4.69, 9.17) is 0 Å². The first-order chi connectivity index (χ1) is 10.8. The lowest BCUT2D eigenvalue weighted by Gasteiger charge is -2.24. The third-order valence-corrected chi connectivity index (χ3v) is 4.63. The summed E-state index contributed by atoms with van der Waals surface area (Å²) in [4.78, 5) is 16.4. The summed E-state index contributed by atoms with van der Waals surface area (Å²) in [6.45, 7) is 4.38. The summed E-state index contributed by atoms with van der Waals surface area (Å²) < 4.78 is 0. The lowest BCUT2D eigenvalue weighted by atomic mass is 9.85. The molecule has 0 bridgehead atoms. The van der Waals surface area contributed by atoms with Gasteiger partial charge in [-0.3, -0.25) is 4.79 Å². The first kappa shape index (κ1) is 14.8. The number of amides is 1. The van der Waals surface area contributed by atoms with Crippen molar-refractivity contribution in [2.24, 2.45) is 5.92 Å². The van der Waals surface area contributed by atoms with Crippen LogP contribution in [0.25, 0.3) is 11.3 Å². The maximum atomic E-state index is 11.9. The second-order valence-corrected chi connectivity index (χ2v) is 6.26. The number of nitrogens with one attached hydrogen (secondary N) is 2. The molecule has 1 aliphatic carbocycles. The molecule has 22 heavy (non-hydrogen) atoms. The van der Waals surface area contributed by atoms with E-state index in [0.29, 0.717) is 6.54 Å². The molecular formula is C17H19N3OS. The Labute approximate surface area is 134 Å². The number of carbonyl (C=O) groups excluding carboxylic acids is 1. The van der Waals surface area contributed by atoms with Crippen LogP contribution in [0.2, 0.25) is 0 Å². The van der Waals surface area contributed by atoms with Crippen LogP contribution in [0, 0.1) is 5.92 Å². The van der Waals surface area contributed by atoms with E-state index in [9.17, 15) is 4.79 Å². The zero-order valence-corrected chi connectivity index (χ0v) is 13.2. The number of carbonyl (C=O) groups is 1. The number of benzene rings is 1. The van der Waals surface area contributed by atoms with Gasteiger partial charge in [-0.2, -0.15) is 0 Å². The van der Waals surface area contributed by atoms with Crippen LogP contribution in [-0.2, 0) is 4.79 Å². The Morgan fingerprint density at radius 3 is 2.77 bits per heavy atom. The minimum absolute atomic E-state index is 0.142. The van der Waals surface area contributed by atoms with Crippen molar-refractivity contribution < 1.29 is 4.79 Å². The lowest BCUT2D eigenvalue weighted by Crippen LogP contribution is -2.27. The molecule has 1 aliphatic rings. The van der Waals surface area contributed by atoms with Gasteiger partial charge in [-0.25, -0.2) is 4.98 Å². The molecule has 1 aromatic carbocycles. The molecule has 1 heterocycles. The molecule has 1 aromatic heterocycles. The van der Waals surface area contributed by atoms with Gasteiger partial charge in [0.1, 0.15) is 0 Å². The van der Waals surface area contributed by atoms with Gasteiger partial charge in [0.25, 0.3) is 0 Å². The number of aromatic nitrogens is 1. The van der Waals surface area contributed by atoms with E-state index in [1.807, 2.05) is 29.6 Å². The molecule has 1 fully saturated rings. The van der Waals surface area contributed by atoms with Crippen LogP contribution in [0.4, 0.5) is 10.8 Å². The normalized spacial score (nSPS) is 14.2. The maximum absolute atomic E-state index is 11.9. The van der Waals surface area contributed by atoms with Crippen molar-refractivity contribution in [1.82, 2.24) is 4.98 Å². The first-order valence-electron chi connectivity index (χ1n) is 7.48. The van der Waals surface area contributed by atoms with Gasteiger partial charge >= 0.3 is 0 Å². The van der Waals surface area contributed by atoms with Gasteiger partial charge in [0, 0.05) is 29.1 Å². The largest absolute Gasteiger partial charge is 0.358 e. The summed E-state index contributed by atoms with van der Waals surface area (Å²) in [5.41, 5.74) is 2.83. The lowest BCUT2D eigenvalue weighted by molar-refractivity contribution is -0.122. The van der Waals surface area contributed by atoms with E-state index >= 15 is 0 Å². The van der Waals surface area contributed by atoms with E-state index in [0.717, 1.165) is 34.9 Å². The second kappa shape index (κ2) is 6.75. The molecule has 0 radical (unpaired) electrons. The zero-order chi connectivity index (χ0) is 15.4. The van der Waals surface area contributed by atoms with Crippen molar-refractivity contribution >= 4 is 28.1 Å².